The maximum absolute atomic E-state index is 11.1. The van der Waals surface area contributed by atoms with Crippen LogP contribution in [0.2, 0.25) is 0 Å². The highest BCUT2D eigenvalue weighted by Gasteiger charge is 2.05. The first-order valence-electron chi connectivity index (χ1n) is 5.24. The third kappa shape index (κ3) is 3.51. The molecular formula is C11H18N4O. The molecule has 1 aromatic heterocycles. The van der Waals surface area contributed by atoms with Crippen molar-refractivity contribution >= 4 is 11.7 Å². The summed E-state index contributed by atoms with van der Waals surface area (Å²) < 4.78 is 0. The lowest BCUT2D eigenvalue weighted by atomic mass is 10.2. The predicted octanol–water partition coefficient (Wildman–Crippen LogP) is 0.113. The van der Waals surface area contributed by atoms with Crippen LogP contribution in [0.3, 0.4) is 0 Å². The normalized spacial score (nSPS) is 9.94. The standard InChI is InChI=1S/C11H18N4O/c1-13-11(16)4-6-15(2)10-7-9(8-12)3-5-14-10/h3,5,7H,4,6,8,12H2,1-2H3,(H,13,16). The van der Waals surface area contributed by atoms with Crippen molar-refractivity contribution in [3.8, 4) is 0 Å². The molecule has 1 aromatic rings. The zero-order valence-electron chi connectivity index (χ0n) is 9.73. The van der Waals surface area contributed by atoms with E-state index >= 15 is 0 Å². The molecule has 5 heteroatoms. The molecule has 0 aliphatic heterocycles. The second-order valence-electron chi connectivity index (χ2n) is 3.57. The molecule has 1 rings (SSSR count). The van der Waals surface area contributed by atoms with Crippen LogP contribution in [-0.4, -0.2) is 31.5 Å². The van der Waals surface area contributed by atoms with E-state index in [1.165, 1.54) is 0 Å². The lowest BCUT2D eigenvalue weighted by Crippen LogP contribution is -2.26. The molecule has 0 spiro atoms. The predicted molar refractivity (Wildman–Crippen MR) is 64.1 cm³/mol. The molecule has 1 heterocycles. The van der Waals surface area contributed by atoms with Crippen LogP contribution in [0, 0.1) is 0 Å². The van der Waals surface area contributed by atoms with E-state index in [2.05, 4.69) is 10.3 Å². The quantitative estimate of drug-likeness (QED) is 0.742. The van der Waals surface area contributed by atoms with Gasteiger partial charge in [-0.1, -0.05) is 0 Å². The average molecular weight is 222 g/mol. The summed E-state index contributed by atoms with van der Waals surface area (Å²) in [5.74, 6) is 0.869. The summed E-state index contributed by atoms with van der Waals surface area (Å²) in [6.07, 6.45) is 2.19. The molecule has 0 aliphatic carbocycles. The van der Waals surface area contributed by atoms with E-state index < -0.39 is 0 Å². The Bertz CT molecular complexity index is 354. The number of amides is 1. The summed E-state index contributed by atoms with van der Waals surface area (Å²) in [5.41, 5.74) is 6.59. The van der Waals surface area contributed by atoms with Crippen LogP contribution in [0.5, 0.6) is 0 Å². The molecule has 0 atom stereocenters. The monoisotopic (exact) mass is 222 g/mol. The Hall–Kier alpha value is -1.62. The Kier molecular flexibility index (Phi) is 4.72. The van der Waals surface area contributed by atoms with E-state index in [-0.39, 0.29) is 5.91 Å². The van der Waals surface area contributed by atoms with Crippen molar-refractivity contribution in [2.75, 3.05) is 25.5 Å². The van der Waals surface area contributed by atoms with Gasteiger partial charge in [-0.15, -0.1) is 0 Å². The van der Waals surface area contributed by atoms with Gasteiger partial charge in [0.05, 0.1) is 0 Å². The van der Waals surface area contributed by atoms with E-state index in [4.69, 9.17) is 5.73 Å². The van der Waals surface area contributed by atoms with Crippen molar-refractivity contribution in [1.29, 1.82) is 0 Å². The van der Waals surface area contributed by atoms with Gasteiger partial charge < -0.3 is 16.0 Å². The molecule has 3 N–H and O–H groups in total. The van der Waals surface area contributed by atoms with Crippen LogP contribution in [0.25, 0.3) is 0 Å². The van der Waals surface area contributed by atoms with Crippen LogP contribution in [0.4, 0.5) is 5.82 Å². The van der Waals surface area contributed by atoms with E-state index in [0.717, 1.165) is 11.4 Å². The zero-order chi connectivity index (χ0) is 12.0. The number of nitrogens with zero attached hydrogens (tertiary/aromatic N) is 2. The van der Waals surface area contributed by atoms with Crippen molar-refractivity contribution < 1.29 is 4.79 Å². The van der Waals surface area contributed by atoms with Gasteiger partial charge in [-0.3, -0.25) is 4.79 Å². The van der Waals surface area contributed by atoms with Gasteiger partial charge in [-0.05, 0) is 17.7 Å². The third-order valence-corrected chi connectivity index (χ3v) is 2.39. The van der Waals surface area contributed by atoms with Gasteiger partial charge in [-0.25, -0.2) is 4.98 Å². The summed E-state index contributed by atoms with van der Waals surface area (Å²) in [5, 5.41) is 2.59. The first-order valence-corrected chi connectivity index (χ1v) is 5.24. The minimum Gasteiger partial charge on any atom is -0.359 e. The van der Waals surface area contributed by atoms with Crippen molar-refractivity contribution in [3.05, 3.63) is 23.9 Å². The van der Waals surface area contributed by atoms with E-state index in [0.29, 0.717) is 19.5 Å². The van der Waals surface area contributed by atoms with Crippen molar-refractivity contribution in [3.63, 3.8) is 0 Å². The van der Waals surface area contributed by atoms with Gasteiger partial charge in [-0.2, -0.15) is 0 Å². The van der Waals surface area contributed by atoms with Crippen LogP contribution < -0.4 is 16.0 Å². The number of anilines is 1. The minimum absolute atomic E-state index is 0.0295. The first-order chi connectivity index (χ1) is 7.67. The zero-order valence-corrected chi connectivity index (χ0v) is 9.73. The topological polar surface area (TPSA) is 71.2 Å². The molecular weight excluding hydrogens is 204 g/mol. The summed E-state index contributed by atoms with van der Waals surface area (Å²) in [4.78, 5) is 17.3. The fraction of sp³-hybridized carbons (Fsp3) is 0.455. The van der Waals surface area contributed by atoms with Crippen LogP contribution in [0.15, 0.2) is 18.3 Å². The highest BCUT2D eigenvalue weighted by Crippen LogP contribution is 2.10. The number of hydrogen-bond donors (Lipinski definition) is 2. The van der Waals surface area contributed by atoms with Gasteiger partial charge >= 0.3 is 0 Å². The first kappa shape index (κ1) is 12.4. The Labute approximate surface area is 95.7 Å². The molecule has 0 bridgehead atoms. The number of nitrogens with two attached hydrogens (primary N) is 1. The molecule has 0 saturated carbocycles. The van der Waals surface area contributed by atoms with E-state index in [1.807, 2.05) is 24.1 Å². The number of hydrogen-bond acceptors (Lipinski definition) is 4. The third-order valence-electron chi connectivity index (χ3n) is 2.39. The molecule has 0 radical (unpaired) electrons. The summed E-state index contributed by atoms with van der Waals surface area (Å²) in [7, 11) is 3.54. The molecule has 0 aliphatic rings. The maximum atomic E-state index is 11.1. The fourth-order valence-electron chi connectivity index (χ4n) is 1.31. The minimum atomic E-state index is 0.0295. The van der Waals surface area contributed by atoms with Gasteiger partial charge in [0.2, 0.25) is 5.91 Å². The highest BCUT2D eigenvalue weighted by molar-refractivity contribution is 5.76. The van der Waals surface area contributed by atoms with Gasteiger partial charge in [0.1, 0.15) is 5.82 Å². The molecule has 0 saturated heterocycles. The highest BCUT2D eigenvalue weighted by atomic mass is 16.1. The van der Waals surface area contributed by atoms with Crippen LogP contribution in [0.1, 0.15) is 12.0 Å². The number of carbonyl (C=O) groups is 1. The largest absolute Gasteiger partial charge is 0.359 e. The molecule has 0 unspecified atom stereocenters. The molecule has 16 heavy (non-hydrogen) atoms. The van der Waals surface area contributed by atoms with Crippen molar-refractivity contribution in [2.24, 2.45) is 5.73 Å². The Morgan fingerprint density at radius 2 is 2.38 bits per heavy atom. The SMILES string of the molecule is CNC(=O)CCN(C)c1cc(CN)ccn1. The maximum Gasteiger partial charge on any atom is 0.221 e. The Morgan fingerprint density at radius 1 is 1.62 bits per heavy atom. The molecule has 5 nitrogen and oxygen atoms in total. The van der Waals surface area contributed by atoms with Crippen molar-refractivity contribution in [1.82, 2.24) is 10.3 Å². The lowest BCUT2D eigenvalue weighted by Gasteiger charge is -2.18. The number of nitrogens with one attached hydrogen (secondary N) is 1. The molecule has 1 amide bonds. The lowest BCUT2D eigenvalue weighted by molar-refractivity contribution is -0.120. The number of pyridine rings is 1. The molecule has 88 valence electrons. The fourth-order valence-corrected chi connectivity index (χ4v) is 1.31. The number of carbonyl (C=O) groups excluding carboxylic acids is 1. The molecule has 0 fully saturated rings. The van der Waals surface area contributed by atoms with E-state index in [1.54, 1.807) is 13.2 Å². The Morgan fingerprint density at radius 3 is 3.00 bits per heavy atom. The summed E-state index contributed by atoms with van der Waals surface area (Å²) in [6.45, 7) is 1.14. The second kappa shape index (κ2) is 6.07. The second-order valence-corrected chi connectivity index (χ2v) is 3.57. The number of aromatic nitrogens is 1. The van der Waals surface area contributed by atoms with Crippen LogP contribution >= 0.6 is 0 Å². The smallest absolute Gasteiger partial charge is 0.221 e. The van der Waals surface area contributed by atoms with Crippen LogP contribution in [-0.2, 0) is 11.3 Å². The summed E-state index contributed by atoms with van der Waals surface area (Å²) >= 11 is 0. The summed E-state index contributed by atoms with van der Waals surface area (Å²) in [6, 6.07) is 3.82. The van der Waals surface area contributed by atoms with Gasteiger partial charge in [0, 0.05) is 39.8 Å². The Balaban J connectivity index is 2.58. The van der Waals surface area contributed by atoms with E-state index in [9.17, 15) is 4.79 Å². The van der Waals surface area contributed by atoms with Gasteiger partial charge in [0.25, 0.3) is 0 Å². The molecule has 0 aromatic carbocycles. The van der Waals surface area contributed by atoms with Gasteiger partial charge in [0.15, 0.2) is 0 Å². The average Bonchev–Trinajstić information content (AvgIpc) is 2.35. The van der Waals surface area contributed by atoms with Crippen molar-refractivity contribution in [2.45, 2.75) is 13.0 Å². The number of rotatable bonds is 5.